The number of phenols is 2. The summed E-state index contributed by atoms with van der Waals surface area (Å²) in [6.45, 7) is 1.70. The Morgan fingerprint density at radius 1 is 1.13 bits per heavy atom. The Bertz CT molecular complexity index is 1090. The number of morpholine rings is 1. The van der Waals surface area contributed by atoms with Crippen LogP contribution in [0.25, 0.3) is 0 Å². The summed E-state index contributed by atoms with van der Waals surface area (Å²) in [4.78, 5) is 14.4. The van der Waals surface area contributed by atoms with E-state index >= 15 is 0 Å². The van der Waals surface area contributed by atoms with Crippen molar-refractivity contribution >= 4 is 31.7 Å². The second kappa shape index (κ2) is 8.20. The minimum atomic E-state index is -3.96. The largest absolute Gasteiger partial charge is 0.507 e. The molecular formula is C21H22BrNO6S. The van der Waals surface area contributed by atoms with Crippen molar-refractivity contribution < 1.29 is 28.2 Å². The molecule has 1 aliphatic carbocycles. The van der Waals surface area contributed by atoms with Crippen molar-refractivity contribution in [2.24, 2.45) is 0 Å². The number of nitrogens with zero attached hydrogens (tertiary/aromatic N) is 1. The third-order valence-electron chi connectivity index (χ3n) is 5.39. The quantitative estimate of drug-likeness (QED) is 0.659. The van der Waals surface area contributed by atoms with E-state index in [2.05, 4.69) is 15.9 Å². The van der Waals surface area contributed by atoms with E-state index in [1.54, 1.807) is 23.1 Å². The first kappa shape index (κ1) is 21.1. The molecule has 4 rings (SSSR count). The van der Waals surface area contributed by atoms with Crippen LogP contribution in [0.5, 0.6) is 11.5 Å². The van der Waals surface area contributed by atoms with Crippen LogP contribution in [0.4, 0.5) is 0 Å². The highest BCUT2D eigenvalue weighted by Crippen LogP contribution is 2.43. The fourth-order valence-electron chi connectivity index (χ4n) is 3.60. The molecule has 2 fully saturated rings. The number of aromatic hydroxyl groups is 2. The van der Waals surface area contributed by atoms with E-state index < -0.39 is 15.6 Å². The zero-order valence-electron chi connectivity index (χ0n) is 16.2. The maximum absolute atomic E-state index is 13.0. The molecule has 0 bridgehead atoms. The van der Waals surface area contributed by atoms with Crippen molar-refractivity contribution in [3.8, 4) is 11.5 Å². The highest BCUT2D eigenvalue weighted by Gasteiger charge is 2.31. The lowest BCUT2D eigenvalue weighted by atomic mass is 10.0. The fourth-order valence-corrected chi connectivity index (χ4v) is 5.59. The van der Waals surface area contributed by atoms with Gasteiger partial charge in [0.1, 0.15) is 16.4 Å². The van der Waals surface area contributed by atoms with Crippen LogP contribution >= 0.6 is 15.9 Å². The molecule has 1 heterocycles. The van der Waals surface area contributed by atoms with Crippen LogP contribution < -0.4 is 0 Å². The summed E-state index contributed by atoms with van der Waals surface area (Å²) in [6, 6.07) is 7.50. The molecule has 7 nitrogen and oxygen atoms in total. The molecule has 1 saturated carbocycles. The molecule has 2 aliphatic rings. The Balaban J connectivity index is 1.73. The Morgan fingerprint density at radius 2 is 1.83 bits per heavy atom. The van der Waals surface area contributed by atoms with Gasteiger partial charge in [-0.25, -0.2) is 8.42 Å². The number of ether oxygens (including phenoxy) is 1. The molecule has 30 heavy (non-hydrogen) atoms. The number of rotatable bonds is 5. The van der Waals surface area contributed by atoms with Crippen LogP contribution in [0.3, 0.4) is 0 Å². The summed E-state index contributed by atoms with van der Waals surface area (Å²) in [5, 5.41) is 20.9. The van der Waals surface area contributed by atoms with E-state index in [0.29, 0.717) is 30.8 Å². The van der Waals surface area contributed by atoms with Crippen molar-refractivity contribution in [1.29, 1.82) is 0 Å². The van der Waals surface area contributed by atoms with Gasteiger partial charge in [-0.05, 0) is 48.6 Å². The third-order valence-corrected chi connectivity index (χ3v) is 7.57. The standard InChI is InChI=1S/C21H22BrNO6S/c22-16-3-4-18(24)19(11-16)30(27,28)12-15-9-14(13-1-2-13)10-17(20(15)25)21(26)23-5-7-29-8-6-23/h3-4,9-11,13,24-25H,1-2,5-8,12H2. The SMILES string of the molecule is O=C(c1cc(C2CC2)cc(CS(=O)(=O)c2cc(Br)ccc2O)c1O)N1CCOCC1. The number of halogens is 1. The van der Waals surface area contributed by atoms with Gasteiger partial charge in [0.2, 0.25) is 0 Å². The molecule has 2 N–H and O–H groups in total. The number of amides is 1. The van der Waals surface area contributed by atoms with Gasteiger partial charge in [0.25, 0.3) is 5.91 Å². The molecule has 2 aromatic rings. The minimum Gasteiger partial charge on any atom is -0.507 e. The lowest BCUT2D eigenvalue weighted by Crippen LogP contribution is -2.40. The highest BCUT2D eigenvalue weighted by molar-refractivity contribution is 9.10. The average Bonchev–Trinajstić information content (AvgIpc) is 3.56. The molecule has 1 amide bonds. The van der Waals surface area contributed by atoms with E-state index in [-0.39, 0.29) is 39.3 Å². The summed E-state index contributed by atoms with van der Waals surface area (Å²) in [5.41, 5.74) is 1.13. The van der Waals surface area contributed by atoms with E-state index in [4.69, 9.17) is 4.74 Å². The zero-order chi connectivity index (χ0) is 21.5. The summed E-state index contributed by atoms with van der Waals surface area (Å²) in [6.07, 6.45) is 1.93. The van der Waals surface area contributed by atoms with Crippen LogP contribution in [0.1, 0.15) is 40.2 Å². The number of phenolic OH excluding ortho intramolecular Hbond substituents is 2. The summed E-state index contributed by atoms with van der Waals surface area (Å²) < 4.78 is 31.8. The predicted octanol–water partition coefficient (Wildman–Crippen LogP) is 3.18. The van der Waals surface area contributed by atoms with Crippen LogP contribution in [0.15, 0.2) is 39.7 Å². The predicted molar refractivity (Wildman–Crippen MR) is 114 cm³/mol. The first-order valence-electron chi connectivity index (χ1n) is 9.70. The molecule has 2 aromatic carbocycles. The van der Waals surface area contributed by atoms with Gasteiger partial charge >= 0.3 is 0 Å². The number of hydrogen-bond acceptors (Lipinski definition) is 6. The Labute approximate surface area is 183 Å². The van der Waals surface area contributed by atoms with Gasteiger partial charge in [0.05, 0.1) is 24.5 Å². The Kier molecular flexibility index (Phi) is 5.78. The van der Waals surface area contributed by atoms with Crippen molar-refractivity contribution in [3.63, 3.8) is 0 Å². The maximum atomic E-state index is 13.0. The molecule has 9 heteroatoms. The molecule has 1 aliphatic heterocycles. The normalized spacial score (nSPS) is 17.2. The second-order valence-corrected chi connectivity index (χ2v) is 10.5. The molecule has 0 aromatic heterocycles. The molecule has 160 valence electrons. The summed E-state index contributed by atoms with van der Waals surface area (Å²) >= 11 is 3.22. The van der Waals surface area contributed by atoms with Crippen LogP contribution in [-0.2, 0) is 20.3 Å². The number of benzene rings is 2. The average molecular weight is 496 g/mol. The lowest BCUT2D eigenvalue weighted by molar-refractivity contribution is 0.0301. The lowest BCUT2D eigenvalue weighted by Gasteiger charge is -2.27. The fraction of sp³-hybridized carbons (Fsp3) is 0.381. The number of sulfone groups is 1. The summed E-state index contributed by atoms with van der Waals surface area (Å²) in [5.74, 6) is -1.27. The van der Waals surface area contributed by atoms with Gasteiger partial charge in [-0.3, -0.25) is 4.79 Å². The van der Waals surface area contributed by atoms with Gasteiger partial charge in [0, 0.05) is 23.1 Å². The first-order valence-corrected chi connectivity index (χ1v) is 12.1. The van der Waals surface area contributed by atoms with Gasteiger partial charge in [-0.1, -0.05) is 22.0 Å². The minimum absolute atomic E-state index is 0.116. The van der Waals surface area contributed by atoms with Crippen LogP contribution in [0.2, 0.25) is 0 Å². The summed E-state index contributed by atoms with van der Waals surface area (Å²) in [7, 11) is -3.96. The van der Waals surface area contributed by atoms with Crippen molar-refractivity contribution in [2.45, 2.75) is 29.4 Å². The molecule has 0 unspecified atom stereocenters. The molecule has 0 spiro atoms. The molecule has 1 saturated heterocycles. The van der Waals surface area contributed by atoms with E-state index in [0.717, 1.165) is 18.4 Å². The van der Waals surface area contributed by atoms with Gasteiger partial charge in [-0.15, -0.1) is 0 Å². The third kappa shape index (κ3) is 4.33. The number of hydrogen-bond donors (Lipinski definition) is 2. The van der Waals surface area contributed by atoms with Crippen molar-refractivity contribution in [3.05, 3.63) is 51.5 Å². The van der Waals surface area contributed by atoms with E-state index in [1.807, 2.05) is 0 Å². The second-order valence-electron chi connectivity index (χ2n) is 7.63. The Hall–Kier alpha value is -2.10. The highest BCUT2D eigenvalue weighted by atomic mass is 79.9. The zero-order valence-corrected chi connectivity index (χ0v) is 18.6. The maximum Gasteiger partial charge on any atom is 0.257 e. The molecule has 0 radical (unpaired) electrons. The number of carbonyl (C=O) groups excluding carboxylic acids is 1. The Morgan fingerprint density at radius 3 is 2.50 bits per heavy atom. The van der Waals surface area contributed by atoms with Gasteiger partial charge in [0.15, 0.2) is 9.84 Å². The molecular weight excluding hydrogens is 474 g/mol. The van der Waals surface area contributed by atoms with Crippen molar-refractivity contribution in [2.75, 3.05) is 26.3 Å². The van der Waals surface area contributed by atoms with Crippen LogP contribution in [0, 0.1) is 0 Å². The van der Waals surface area contributed by atoms with Crippen LogP contribution in [-0.4, -0.2) is 55.7 Å². The number of carbonyl (C=O) groups is 1. The molecule has 0 atom stereocenters. The van der Waals surface area contributed by atoms with Gasteiger partial charge in [-0.2, -0.15) is 0 Å². The monoisotopic (exact) mass is 495 g/mol. The smallest absolute Gasteiger partial charge is 0.257 e. The van der Waals surface area contributed by atoms with E-state index in [1.165, 1.54) is 12.1 Å². The first-order chi connectivity index (χ1) is 14.3. The topological polar surface area (TPSA) is 104 Å². The van der Waals surface area contributed by atoms with Crippen molar-refractivity contribution in [1.82, 2.24) is 4.90 Å². The van der Waals surface area contributed by atoms with E-state index in [9.17, 15) is 23.4 Å². The van der Waals surface area contributed by atoms with Gasteiger partial charge < -0.3 is 19.8 Å².